The molecule has 0 bridgehead atoms. The van der Waals surface area contributed by atoms with Crippen molar-refractivity contribution in [1.29, 1.82) is 0 Å². The van der Waals surface area contributed by atoms with Crippen LogP contribution in [-0.2, 0) is 6.42 Å². The molecular weight excluding hydrogens is 336 g/mol. The van der Waals surface area contributed by atoms with Crippen molar-refractivity contribution in [2.24, 2.45) is 11.8 Å². The summed E-state index contributed by atoms with van der Waals surface area (Å²) in [5.74, 6) is 2.57. The van der Waals surface area contributed by atoms with E-state index in [9.17, 15) is 0 Å². The van der Waals surface area contributed by atoms with Crippen LogP contribution in [0.4, 0.5) is 0 Å². The van der Waals surface area contributed by atoms with Crippen LogP contribution in [0, 0.1) is 11.8 Å². The average Bonchev–Trinajstić information content (AvgIpc) is 2.73. The van der Waals surface area contributed by atoms with Crippen LogP contribution >= 0.6 is 0 Å². The van der Waals surface area contributed by atoms with E-state index in [1.165, 1.54) is 80.9 Å². The van der Waals surface area contributed by atoms with E-state index in [2.05, 4.69) is 69.3 Å². The first-order chi connectivity index (χ1) is 13.7. The van der Waals surface area contributed by atoms with E-state index in [4.69, 9.17) is 0 Å². The van der Waals surface area contributed by atoms with Crippen molar-refractivity contribution >= 4 is 0 Å². The Balaban J connectivity index is 1.56. The van der Waals surface area contributed by atoms with E-state index in [-0.39, 0.29) is 0 Å². The number of hydrogen-bond acceptors (Lipinski definition) is 0. The molecule has 152 valence electrons. The van der Waals surface area contributed by atoms with Crippen LogP contribution in [0.1, 0.15) is 95.6 Å². The highest BCUT2D eigenvalue weighted by Gasteiger charge is 2.21. The summed E-state index contributed by atoms with van der Waals surface area (Å²) in [6.07, 6.45) is 13.7. The second-order valence-electron chi connectivity index (χ2n) is 9.28. The SMILES string of the molecule is CCCCC1CCC(c2ccc(-c3ccc(CC(C)CCC)cc3)cc2)CC1. The Morgan fingerprint density at radius 2 is 1.39 bits per heavy atom. The minimum absolute atomic E-state index is 0.784. The van der Waals surface area contributed by atoms with Gasteiger partial charge >= 0.3 is 0 Å². The van der Waals surface area contributed by atoms with Crippen molar-refractivity contribution in [3.63, 3.8) is 0 Å². The fourth-order valence-electron chi connectivity index (χ4n) is 5.06. The molecule has 0 saturated heterocycles. The minimum Gasteiger partial charge on any atom is -0.0654 e. The Morgan fingerprint density at radius 1 is 0.786 bits per heavy atom. The van der Waals surface area contributed by atoms with Crippen LogP contribution < -0.4 is 0 Å². The van der Waals surface area contributed by atoms with Gasteiger partial charge in [0.05, 0.1) is 0 Å². The monoisotopic (exact) mass is 376 g/mol. The van der Waals surface area contributed by atoms with Gasteiger partial charge in [0.2, 0.25) is 0 Å². The lowest BCUT2D eigenvalue weighted by molar-refractivity contribution is 0.304. The lowest BCUT2D eigenvalue weighted by Gasteiger charge is -2.29. The number of hydrogen-bond donors (Lipinski definition) is 0. The number of benzene rings is 2. The topological polar surface area (TPSA) is 0 Å². The molecule has 28 heavy (non-hydrogen) atoms. The van der Waals surface area contributed by atoms with Crippen LogP contribution in [0.2, 0.25) is 0 Å². The predicted molar refractivity (Wildman–Crippen MR) is 124 cm³/mol. The maximum Gasteiger partial charge on any atom is -0.0162 e. The van der Waals surface area contributed by atoms with Gasteiger partial charge in [-0.25, -0.2) is 0 Å². The molecule has 0 nitrogen and oxygen atoms in total. The van der Waals surface area contributed by atoms with Crippen LogP contribution in [0.25, 0.3) is 11.1 Å². The van der Waals surface area contributed by atoms with Crippen molar-refractivity contribution in [3.8, 4) is 11.1 Å². The first-order valence-corrected chi connectivity index (χ1v) is 11.9. The summed E-state index contributed by atoms with van der Waals surface area (Å²) < 4.78 is 0. The zero-order valence-electron chi connectivity index (χ0n) is 18.4. The zero-order valence-corrected chi connectivity index (χ0v) is 18.4. The first-order valence-electron chi connectivity index (χ1n) is 11.9. The molecule has 0 aromatic heterocycles. The van der Waals surface area contributed by atoms with Gasteiger partial charge in [0.25, 0.3) is 0 Å². The van der Waals surface area contributed by atoms with Crippen LogP contribution in [0.5, 0.6) is 0 Å². The quantitative estimate of drug-likeness (QED) is 0.410. The minimum atomic E-state index is 0.784. The summed E-state index contributed by atoms with van der Waals surface area (Å²) in [5.41, 5.74) is 5.74. The third-order valence-electron chi connectivity index (χ3n) is 6.85. The maximum absolute atomic E-state index is 2.39. The van der Waals surface area contributed by atoms with Gasteiger partial charge in [0.15, 0.2) is 0 Å². The molecule has 1 fully saturated rings. The molecule has 1 unspecified atom stereocenters. The molecule has 1 aliphatic rings. The van der Waals surface area contributed by atoms with E-state index >= 15 is 0 Å². The molecule has 1 saturated carbocycles. The molecule has 1 aliphatic carbocycles. The van der Waals surface area contributed by atoms with E-state index in [1.54, 1.807) is 5.56 Å². The maximum atomic E-state index is 2.39. The highest BCUT2D eigenvalue weighted by atomic mass is 14.3. The normalized spacial score (nSPS) is 20.8. The van der Waals surface area contributed by atoms with E-state index in [1.807, 2.05) is 0 Å². The fraction of sp³-hybridized carbons (Fsp3) is 0.571. The van der Waals surface area contributed by atoms with Gasteiger partial charge in [-0.3, -0.25) is 0 Å². The van der Waals surface area contributed by atoms with Gasteiger partial charge in [-0.15, -0.1) is 0 Å². The van der Waals surface area contributed by atoms with Gasteiger partial charge in [-0.1, -0.05) is 101 Å². The van der Waals surface area contributed by atoms with E-state index in [0.717, 1.165) is 17.8 Å². The molecule has 3 rings (SSSR count). The van der Waals surface area contributed by atoms with Crippen molar-refractivity contribution in [1.82, 2.24) is 0 Å². The Hall–Kier alpha value is -1.56. The Morgan fingerprint density at radius 3 is 1.96 bits per heavy atom. The Bertz CT molecular complexity index is 671. The molecule has 0 spiro atoms. The molecule has 0 amide bonds. The molecular formula is C28H40. The summed E-state index contributed by atoms with van der Waals surface area (Å²) in [7, 11) is 0. The van der Waals surface area contributed by atoms with Crippen molar-refractivity contribution in [2.75, 3.05) is 0 Å². The van der Waals surface area contributed by atoms with Crippen molar-refractivity contribution < 1.29 is 0 Å². The third kappa shape index (κ3) is 5.97. The first kappa shape index (κ1) is 21.2. The second-order valence-corrected chi connectivity index (χ2v) is 9.28. The van der Waals surface area contributed by atoms with E-state index in [0.29, 0.717) is 0 Å². The Labute approximate surface area is 173 Å². The van der Waals surface area contributed by atoms with E-state index < -0.39 is 0 Å². The summed E-state index contributed by atoms with van der Waals surface area (Å²) in [4.78, 5) is 0. The van der Waals surface area contributed by atoms with Crippen molar-refractivity contribution in [3.05, 3.63) is 59.7 Å². The Kier molecular flexibility index (Phi) is 8.19. The summed E-state index contributed by atoms with van der Waals surface area (Å²) >= 11 is 0. The lowest BCUT2D eigenvalue weighted by atomic mass is 9.77. The molecule has 1 atom stereocenters. The second kappa shape index (κ2) is 10.8. The lowest BCUT2D eigenvalue weighted by Crippen LogP contribution is -2.13. The molecule has 0 N–H and O–H groups in total. The van der Waals surface area contributed by atoms with Crippen molar-refractivity contribution in [2.45, 2.75) is 90.9 Å². The highest BCUT2D eigenvalue weighted by Crippen LogP contribution is 2.38. The summed E-state index contributed by atoms with van der Waals surface area (Å²) in [6, 6.07) is 18.7. The molecule has 2 aromatic rings. The zero-order chi connectivity index (χ0) is 19.8. The standard InChI is InChI=1S/C28H40/c1-4-6-8-23-9-13-25(14-10-23)27-17-19-28(20-18-27)26-15-11-24(12-16-26)21-22(3)7-5-2/h11-12,15-20,22-23,25H,4-10,13-14,21H2,1-3H3. The average molecular weight is 377 g/mol. The van der Waals surface area contributed by atoms with Gasteiger partial charge in [-0.05, 0) is 72.1 Å². The predicted octanol–water partition coefficient (Wildman–Crippen LogP) is 8.80. The van der Waals surface area contributed by atoms with Crippen LogP contribution in [0.15, 0.2) is 48.5 Å². The molecule has 0 heterocycles. The largest absolute Gasteiger partial charge is 0.0654 e. The molecule has 0 heteroatoms. The number of rotatable bonds is 9. The fourth-order valence-corrected chi connectivity index (χ4v) is 5.06. The van der Waals surface area contributed by atoms with Crippen LogP contribution in [0.3, 0.4) is 0 Å². The molecule has 0 aliphatic heterocycles. The third-order valence-corrected chi connectivity index (χ3v) is 6.85. The molecule has 2 aromatic carbocycles. The molecule has 0 radical (unpaired) electrons. The van der Waals surface area contributed by atoms with Gasteiger partial charge < -0.3 is 0 Å². The number of unbranched alkanes of at least 4 members (excludes halogenated alkanes) is 1. The van der Waals surface area contributed by atoms with Gasteiger partial charge in [-0.2, -0.15) is 0 Å². The van der Waals surface area contributed by atoms with Gasteiger partial charge in [0.1, 0.15) is 0 Å². The smallest absolute Gasteiger partial charge is 0.0162 e. The summed E-state index contributed by atoms with van der Waals surface area (Å²) in [6.45, 7) is 6.96. The summed E-state index contributed by atoms with van der Waals surface area (Å²) in [5, 5.41) is 0. The van der Waals surface area contributed by atoms with Gasteiger partial charge in [0, 0.05) is 0 Å². The highest BCUT2D eigenvalue weighted by molar-refractivity contribution is 5.64. The van der Waals surface area contributed by atoms with Crippen LogP contribution in [-0.4, -0.2) is 0 Å².